The van der Waals surface area contributed by atoms with Gasteiger partial charge in [0.2, 0.25) is 15.9 Å². The molecule has 1 saturated heterocycles. The van der Waals surface area contributed by atoms with Gasteiger partial charge in [-0.25, -0.2) is 8.42 Å². The van der Waals surface area contributed by atoms with Crippen LogP contribution in [-0.2, 0) is 26.8 Å². The zero-order valence-electron chi connectivity index (χ0n) is 15.4. The third-order valence-corrected chi connectivity index (χ3v) is 7.70. The summed E-state index contributed by atoms with van der Waals surface area (Å²) in [5.41, 5.74) is 1.01. The summed E-state index contributed by atoms with van der Waals surface area (Å²) in [6, 6.07) is 14.6. The van der Waals surface area contributed by atoms with Crippen molar-refractivity contribution in [1.29, 1.82) is 0 Å². The molecule has 2 heterocycles. The maximum absolute atomic E-state index is 12.9. The molecule has 7 heteroatoms. The molecule has 0 aliphatic carbocycles. The predicted molar refractivity (Wildman–Crippen MR) is 101 cm³/mol. The highest BCUT2D eigenvalue weighted by atomic mass is 32.2. The highest BCUT2D eigenvalue weighted by molar-refractivity contribution is 7.89. The molecule has 0 saturated carbocycles. The smallest absolute Gasteiger partial charge is 0.244 e. The van der Waals surface area contributed by atoms with E-state index in [1.54, 1.807) is 31.2 Å². The fraction of sp³-hybridized carbons (Fsp3) is 0.350. The first-order valence-electron chi connectivity index (χ1n) is 8.88. The molecule has 0 radical (unpaired) electrons. The van der Waals surface area contributed by atoms with E-state index in [1.807, 2.05) is 36.4 Å². The lowest BCUT2D eigenvalue weighted by molar-refractivity contribution is -0.129. The van der Waals surface area contributed by atoms with Crippen LogP contribution in [-0.4, -0.2) is 50.8 Å². The molecule has 2 aliphatic rings. The molecule has 1 unspecified atom stereocenters. The van der Waals surface area contributed by atoms with Gasteiger partial charge in [0.05, 0.1) is 24.0 Å². The van der Waals surface area contributed by atoms with E-state index < -0.39 is 15.6 Å². The Morgan fingerprint density at radius 2 is 1.96 bits per heavy atom. The van der Waals surface area contributed by atoms with Gasteiger partial charge in [0.1, 0.15) is 5.75 Å². The molecule has 1 spiro atoms. The van der Waals surface area contributed by atoms with Crippen LogP contribution in [0, 0.1) is 0 Å². The predicted octanol–water partition coefficient (Wildman–Crippen LogP) is 2.00. The van der Waals surface area contributed by atoms with Gasteiger partial charge in [0.25, 0.3) is 0 Å². The summed E-state index contributed by atoms with van der Waals surface area (Å²) in [5, 5.41) is 0. The topological polar surface area (TPSA) is 66.9 Å². The first-order valence-corrected chi connectivity index (χ1v) is 10.3. The number of ether oxygens (including phenoxy) is 1. The van der Waals surface area contributed by atoms with Gasteiger partial charge < -0.3 is 9.64 Å². The number of likely N-dealkylation sites (N-methyl/N-ethyl adjacent to an activating group) is 1. The SMILES string of the molecule is COc1cccc(CC(=O)N2CCC3(C2)c2ccccc2S(=O)(=O)N3C)c1. The summed E-state index contributed by atoms with van der Waals surface area (Å²) < 4.78 is 32.2. The number of rotatable bonds is 3. The molecule has 2 aromatic carbocycles. The second-order valence-corrected chi connectivity index (χ2v) is 9.03. The molecular formula is C20H22N2O4S. The van der Waals surface area contributed by atoms with E-state index in [0.29, 0.717) is 30.2 Å². The standard InChI is InChI=1S/C20H22N2O4S/c1-21-20(17-8-3-4-9-18(17)27(21,24)25)10-11-22(14-20)19(23)13-15-6-5-7-16(12-15)26-2/h3-9,12H,10-11,13-14H2,1-2H3. The summed E-state index contributed by atoms with van der Waals surface area (Å²) in [6.07, 6.45) is 0.870. The Hall–Kier alpha value is -2.38. The summed E-state index contributed by atoms with van der Waals surface area (Å²) in [6.45, 7) is 0.916. The molecule has 6 nitrogen and oxygen atoms in total. The van der Waals surface area contributed by atoms with Gasteiger partial charge in [-0.3, -0.25) is 4.79 Å². The third-order valence-electron chi connectivity index (χ3n) is 5.72. The van der Waals surface area contributed by atoms with Crippen LogP contribution in [0.15, 0.2) is 53.4 Å². The Balaban J connectivity index is 1.59. The van der Waals surface area contributed by atoms with E-state index in [2.05, 4.69) is 0 Å². The number of methoxy groups -OCH3 is 1. The summed E-state index contributed by atoms with van der Waals surface area (Å²) in [4.78, 5) is 15.0. The van der Waals surface area contributed by atoms with Crippen LogP contribution in [0.2, 0.25) is 0 Å². The number of carbonyl (C=O) groups is 1. The average molecular weight is 386 g/mol. The van der Waals surface area contributed by atoms with Crippen LogP contribution in [0.4, 0.5) is 0 Å². The van der Waals surface area contributed by atoms with E-state index >= 15 is 0 Å². The second kappa shape index (κ2) is 6.35. The van der Waals surface area contributed by atoms with Crippen molar-refractivity contribution < 1.29 is 17.9 Å². The van der Waals surface area contributed by atoms with E-state index in [-0.39, 0.29) is 12.3 Å². The van der Waals surface area contributed by atoms with Crippen LogP contribution in [0.5, 0.6) is 5.75 Å². The van der Waals surface area contributed by atoms with E-state index in [0.717, 1.165) is 11.1 Å². The lowest BCUT2D eigenvalue weighted by Crippen LogP contribution is -2.44. The monoisotopic (exact) mass is 386 g/mol. The zero-order valence-corrected chi connectivity index (χ0v) is 16.2. The van der Waals surface area contributed by atoms with E-state index in [9.17, 15) is 13.2 Å². The maximum atomic E-state index is 12.9. The number of sulfonamides is 1. The number of benzene rings is 2. The van der Waals surface area contributed by atoms with E-state index in [1.165, 1.54) is 4.31 Å². The molecule has 1 amide bonds. The minimum absolute atomic E-state index is 0.00435. The highest BCUT2D eigenvalue weighted by Gasteiger charge is 2.55. The molecule has 0 N–H and O–H groups in total. The Kier molecular flexibility index (Phi) is 4.24. The van der Waals surface area contributed by atoms with Crippen molar-refractivity contribution in [3.8, 4) is 5.75 Å². The van der Waals surface area contributed by atoms with Crippen LogP contribution < -0.4 is 4.74 Å². The van der Waals surface area contributed by atoms with Crippen molar-refractivity contribution in [2.24, 2.45) is 0 Å². The zero-order chi connectivity index (χ0) is 19.2. The first kappa shape index (κ1) is 18.0. The molecule has 2 aliphatic heterocycles. The molecule has 1 atom stereocenters. The summed E-state index contributed by atoms with van der Waals surface area (Å²) >= 11 is 0. The van der Waals surface area contributed by atoms with Gasteiger partial charge in [0.15, 0.2) is 0 Å². The minimum atomic E-state index is -3.51. The number of likely N-dealkylation sites (tertiary alicyclic amines) is 1. The van der Waals surface area contributed by atoms with Crippen LogP contribution in [0.25, 0.3) is 0 Å². The van der Waals surface area contributed by atoms with Gasteiger partial charge >= 0.3 is 0 Å². The number of hydrogen-bond acceptors (Lipinski definition) is 4. The fourth-order valence-corrected chi connectivity index (χ4v) is 5.96. The maximum Gasteiger partial charge on any atom is 0.244 e. The molecule has 4 rings (SSSR count). The highest BCUT2D eigenvalue weighted by Crippen LogP contribution is 2.48. The van der Waals surface area contributed by atoms with Gasteiger partial charge in [-0.05, 0) is 35.7 Å². The average Bonchev–Trinajstić information content (AvgIpc) is 3.19. The Labute approximate surface area is 159 Å². The lowest BCUT2D eigenvalue weighted by atomic mass is 9.89. The number of hydrogen-bond donors (Lipinski definition) is 0. The Morgan fingerprint density at radius 1 is 1.19 bits per heavy atom. The molecule has 1 fully saturated rings. The van der Waals surface area contributed by atoms with Gasteiger partial charge in [-0.1, -0.05) is 30.3 Å². The number of fused-ring (bicyclic) bond motifs is 2. The summed E-state index contributed by atoms with van der Waals surface area (Å²) in [5.74, 6) is 0.712. The molecule has 27 heavy (non-hydrogen) atoms. The first-order chi connectivity index (χ1) is 12.9. The number of amides is 1. The van der Waals surface area contributed by atoms with Crippen LogP contribution in [0.1, 0.15) is 17.5 Å². The molecule has 142 valence electrons. The van der Waals surface area contributed by atoms with Gasteiger partial charge in [-0.15, -0.1) is 0 Å². The fourth-order valence-electron chi connectivity index (χ4n) is 4.18. The molecule has 0 bridgehead atoms. The third kappa shape index (κ3) is 2.73. The Bertz CT molecular complexity index is 1000. The summed E-state index contributed by atoms with van der Waals surface area (Å²) in [7, 11) is -0.302. The number of nitrogens with zero attached hydrogens (tertiary/aromatic N) is 2. The minimum Gasteiger partial charge on any atom is -0.497 e. The largest absolute Gasteiger partial charge is 0.497 e. The lowest BCUT2D eigenvalue weighted by Gasteiger charge is -2.31. The molecule has 0 aromatic heterocycles. The normalized spacial score (nSPS) is 23.6. The van der Waals surface area contributed by atoms with Crippen molar-refractivity contribution in [2.45, 2.75) is 23.3 Å². The van der Waals surface area contributed by atoms with Crippen molar-refractivity contribution >= 4 is 15.9 Å². The van der Waals surface area contributed by atoms with Crippen LogP contribution in [0.3, 0.4) is 0 Å². The van der Waals surface area contributed by atoms with Crippen molar-refractivity contribution in [1.82, 2.24) is 9.21 Å². The van der Waals surface area contributed by atoms with Gasteiger partial charge in [-0.2, -0.15) is 4.31 Å². The number of carbonyl (C=O) groups excluding carboxylic acids is 1. The van der Waals surface area contributed by atoms with Crippen molar-refractivity contribution in [2.75, 3.05) is 27.2 Å². The van der Waals surface area contributed by atoms with E-state index in [4.69, 9.17) is 4.74 Å². The quantitative estimate of drug-likeness (QED) is 0.809. The van der Waals surface area contributed by atoms with Gasteiger partial charge in [0, 0.05) is 20.1 Å². The van der Waals surface area contributed by atoms with Crippen LogP contribution >= 0.6 is 0 Å². The Morgan fingerprint density at radius 3 is 2.74 bits per heavy atom. The molecular weight excluding hydrogens is 364 g/mol. The molecule has 2 aromatic rings. The van der Waals surface area contributed by atoms with Crippen molar-refractivity contribution in [3.63, 3.8) is 0 Å². The van der Waals surface area contributed by atoms with Crippen molar-refractivity contribution in [3.05, 3.63) is 59.7 Å². The second-order valence-electron chi connectivity index (χ2n) is 7.09.